The van der Waals surface area contributed by atoms with Crippen molar-refractivity contribution in [2.75, 3.05) is 52.9 Å². The summed E-state index contributed by atoms with van der Waals surface area (Å²) in [6.45, 7) is 19.6. The molecule has 0 bridgehead atoms. The van der Waals surface area contributed by atoms with Crippen LogP contribution in [0.4, 0.5) is 0 Å². The molecule has 60 heavy (non-hydrogen) atoms. The molecule has 1 N–H and O–H groups in total. The monoisotopic (exact) mass is 841 g/mol. The first-order valence-corrected chi connectivity index (χ1v) is 23.9. The van der Waals surface area contributed by atoms with E-state index in [2.05, 4.69) is 48.5 Å². The number of ketones is 1. The van der Waals surface area contributed by atoms with Crippen LogP contribution in [-0.2, 0) is 18.9 Å². The Morgan fingerprint density at radius 1 is 0.600 bits per heavy atom. The van der Waals surface area contributed by atoms with E-state index in [1.165, 1.54) is 0 Å². The Morgan fingerprint density at radius 2 is 1.12 bits per heavy atom. The van der Waals surface area contributed by atoms with E-state index < -0.39 is 18.3 Å². The van der Waals surface area contributed by atoms with Gasteiger partial charge < -0.3 is 43.0 Å². The topological polar surface area (TPSA) is 111 Å². The highest BCUT2D eigenvalue weighted by Gasteiger charge is 2.50. The molecular formula is C50H80O10. The molecule has 1 saturated carbocycles. The number of aromatic hydroxyl groups is 1. The number of phenolic OH excluding ortho intramolecular Hbond substituents is 1. The van der Waals surface area contributed by atoms with E-state index in [-0.39, 0.29) is 41.5 Å². The fraction of sp³-hybridized carbons (Fsp3) is 0.740. The summed E-state index contributed by atoms with van der Waals surface area (Å²) in [5.41, 5.74) is 1.74. The molecule has 0 aromatic heterocycles. The molecule has 1 aliphatic heterocycles. The maximum atomic E-state index is 14.4. The van der Waals surface area contributed by atoms with Crippen molar-refractivity contribution in [3.8, 4) is 28.7 Å². The maximum absolute atomic E-state index is 14.4. The minimum absolute atomic E-state index is 0.0347. The maximum Gasteiger partial charge on any atom is 0.174 e. The standard InChI is InChI=1S/C50H80O10/c1-8-15-24-53-35-37-31-38(48(58-29-20-13-6)50(59-30-21-14-7)47(37)57-28-19-12-5)45-44(56-27-18-11-4)34-40(52)46-39(51)33-42(60-49(45)46)36-22-23-41(54-25-16-9-2)43(32-36)55-26-17-10-3/h22-23,32,34,37-38,42,47-48,50,52H,8-21,24-31,33,35H2,1-7H3/t37?,38?,42-,47?,48?,50?/m1/s1. The van der Waals surface area contributed by atoms with Gasteiger partial charge in [-0.25, -0.2) is 0 Å². The van der Waals surface area contributed by atoms with Crippen molar-refractivity contribution in [2.24, 2.45) is 5.92 Å². The van der Waals surface area contributed by atoms with Crippen LogP contribution in [-0.4, -0.2) is 82.1 Å². The average Bonchev–Trinajstić information content (AvgIpc) is 3.24. The van der Waals surface area contributed by atoms with Crippen LogP contribution in [0.15, 0.2) is 24.3 Å². The third-order valence-corrected chi connectivity index (χ3v) is 11.6. The zero-order valence-corrected chi connectivity index (χ0v) is 38.4. The van der Waals surface area contributed by atoms with E-state index in [0.717, 1.165) is 101 Å². The van der Waals surface area contributed by atoms with Crippen LogP contribution in [0.5, 0.6) is 28.7 Å². The largest absolute Gasteiger partial charge is 0.507 e. The van der Waals surface area contributed by atoms with Gasteiger partial charge in [0.1, 0.15) is 35.0 Å². The van der Waals surface area contributed by atoms with E-state index >= 15 is 0 Å². The predicted octanol–water partition coefficient (Wildman–Crippen LogP) is 12.1. The SMILES string of the molecule is CCCCOCC1CC(c2c(OCCCC)cc(O)c3c2O[C@@H](c2ccc(OCCCC)c(OCCCC)c2)CC3=O)C(OCCCC)C(OCCCC)C1OCCCC. The fourth-order valence-corrected chi connectivity index (χ4v) is 8.00. The molecule has 5 unspecified atom stereocenters. The number of carbonyl (C=O) groups is 1. The van der Waals surface area contributed by atoms with Crippen molar-refractivity contribution in [1.29, 1.82) is 0 Å². The van der Waals surface area contributed by atoms with E-state index in [1.807, 2.05) is 18.2 Å². The Morgan fingerprint density at radius 3 is 1.72 bits per heavy atom. The molecule has 2 aromatic rings. The van der Waals surface area contributed by atoms with Crippen molar-refractivity contribution >= 4 is 5.78 Å². The first-order valence-electron chi connectivity index (χ1n) is 23.9. The highest BCUT2D eigenvalue weighted by Crippen LogP contribution is 2.53. The Kier molecular flexibility index (Phi) is 23.0. The zero-order valence-electron chi connectivity index (χ0n) is 38.4. The normalized spacial score (nSPS) is 21.4. The van der Waals surface area contributed by atoms with E-state index in [0.29, 0.717) is 82.3 Å². The van der Waals surface area contributed by atoms with Crippen LogP contribution in [0.3, 0.4) is 0 Å². The van der Waals surface area contributed by atoms with Gasteiger partial charge in [0, 0.05) is 49.9 Å². The van der Waals surface area contributed by atoms with Gasteiger partial charge in [0.05, 0.1) is 45.1 Å². The number of Topliss-reactive ketones (excluding diaryl/α,β-unsaturated/α-hetero) is 1. The van der Waals surface area contributed by atoms with Crippen LogP contribution in [0, 0.1) is 5.92 Å². The van der Waals surface area contributed by atoms with Gasteiger partial charge in [0.2, 0.25) is 0 Å². The molecule has 0 spiro atoms. The number of fused-ring (bicyclic) bond motifs is 1. The summed E-state index contributed by atoms with van der Waals surface area (Å²) in [7, 11) is 0. The smallest absolute Gasteiger partial charge is 0.174 e. The van der Waals surface area contributed by atoms with Crippen LogP contribution in [0.1, 0.15) is 185 Å². The number of carbonyl (C=O) groups excluding carboxylic acids is 1. The molecule has 1 heterocycles. The van der Waals surface area contributed by atoms with Gasteiger partial charge >= 0.3 is 0 Å². The average molecular weight is 841 g/mol. The van der Waals surface area contributed by atoms with Gasteiger partial charge in [-0.15, -0.1) is 0 Å². The van der Waals surface area contributed by atoms with E-state index in [1.54, 1.807) is 6.07 Å². The van der Waals surface area contributed by atoms with Gasteiger partial charge in [-0.3, -0.25) is 4.79 Å². The highest BCUT2D eigenvalue weighted by molar-refractivity contribution is 6.03. The summed E-state index contributed by atoms with van der Waals surface area (Å²) < 4.78 is 53.2. The molecular weight excluding hydrogens is 761 g/mol. The van der Waals surface area contributed by atoms with Crippen molar-refractivity contribution in [3.05, 3.63) is 41.0 Å². The number of ether oxygens (including phenoxy) is 8. The molecule has 0 amide bonds. The molecule has 340 valence electrons. The lowest BCUT2D eigenvalue weighted by molar-refractivity contribution is -0.192. The number of hydrogen-bond donors (Lipinski definition) is 1. The first-order chi connectivity index (χ1) is 29.4. The van der Waals surface area contributed by atoms with Crippen molar-refractivity contribution in [1.82, 2.24) is 0 Å². The Bertz CT molecular complexity index is 1510. The number of benzene rings is 2. The number of unbranched alkanes of at least 4 members (excludes halogenated alkanes) is 7. The highest BCUT2D eigenvalue weighted by atomic mass is 16.6. The second kappa shape index (κ2) is 27.8. The number of rotatable bonds is 31. The van der Waals surface area contributed by atoms with Crippen molar-refractivity contribution < 1.29 is 47.8 Å². The van der Waals surface area contributed by atoms with Crippen molar-refractivity contribution in [2.45, 2.75) is 182 Å². The molecule has 2 aromatic carbocycles. The van der Waals surface area contributed by atoms with Crippen LogP contribution < -0.4 is 18.9 Å². The minimum Gasteiger partial charge on any atom is -0.507 e. The molecule has 1 aliphatic carbocycles. The van der Waals surface area contributed by atoms with Crippen LogP contribution >= 0.6 is 0 Å². The molecule has 10 heteroatoms. The van der Waals surface area contributed by atoms with Gasteiger partial charge in [-0.1, -0.05) is 99.5 Å². The van der Waals surface area contributed by atoms with Gasteiger partial charge in [0.25, 0.3) is 0 Å². The Balaban J connectivity index is 1.89. The lowest BCUT2D eigenvalue weighted by atomic mass is 9.71. The van der Waals surface area contributed by atoms with E-state index in [9.17, 15) is 9.90 Å². The summed E-state index contributed by atoms with van der Waals surface area (Å²) in [4.78, 5) is 14.4. The lowest BCUT2D eigenvalue weighted by Gasteiger charge is -2.47. The zero-order chi connectivity index (χ0) is 43.1. The van der Waals surface area contributed by atoms with Gasteiger partial charge in [-0.05, 0) is 69.1 Å². The molecule has 0 radical (unpaired) electrons. The third kappa shape index (κ3) is 14.2. The Labute approximate surface area is 362 Å². The lowest BCUT2D eigenvalue weighted by Crippen LogP contribution is -2.55. The summed E-state index contributed by atoms with van der Waals surface area (Å²) in [6.07, 6.45) is 12.4. The van der Waals surface area contributed by atoms with Gasteiger partial charge in [0.15, 0.2) is 17.3 Å². The summed E-state index contributed by atoms with van der Waals surface area (Å²) >= 11 is 0. The number of hydrogen-bond acceptors (Lipinski definition) is 10. The quantitative estimate of drug-likeness (QED) is 0.0737. The summed E-state index contributed by atoms with van der Waals surface area (Å²) in [5.74, 6) is 1.51. The molecule has 4 rings (SSSR count). The second-order valence-electron chi connectivity index (χ2n) is 16.7. The first kappa shape index (κ1) is 49.6. The molecule has 10 nitrogen and oxygen atoms in total. The minimum atomic E-state index is -0.634. The molecule has 2 aliphatic rings. The molecule has 1 fully saturated rings. The van der Waals surface area contributed by atoms with E-state index in [4.69, 9.17) is 37.9 Å². The second-order valence-corrected chi connectivity index (χ2v) is 16.7. The molecule has 0 saturated heterocycles. The third-order valence-electron chi connectivity index (χ3n) is 11.6. The number of phenols is 1. The predicted molar refractivity (Wildman–Crippen MR) is 239 cm³/mol. The fourth-order valence-electron chi connectivity index (χ4n) is 8.00. The van der Waals surface area contributed by atoms with Crippen LogP contribution in [0.25, 0.3) is 0 Å². The van der Waals surface area contributed by atoms with Crippen molar-refractivity contribution in [3.63, 3.8) is 0 Å². The van der Waals surface area contributed by atoms with Crippen LogP contribution in [0.2, 0.25) is 0 Å². The van der Waals surface area contributed by atoms with Gasteiger partial charge in [-0.2, -0.15) is 0 Å². The summed E-state index contributed by atoms with van der Waals surface area (Å²) in [5, 5.41) is 11.6. The summed E-state index contributed by atoms with van der Waals surface area (Å²) in [6, 6.07) is 7.48. The Hall–Kier alpha value is -3.05. The molecule has 6 atom stereocenters.